The lowest BCUT2D eigenvalue weighted by atomic mass is 10.1. The molecular formula is C29H34ClN7O. The Morgan fingerprint density at radius 1 is 0.947 bits per heavy atom. The van der Waals surface area contributed by atoms with Crippen molar-refractivity contribution in [3.63, 3.8) is 0 Å². The fourth-order valence-corrected chi connectivity index (χ4v) is 4.68. The molecule has 2 aromatic heterocycles. The minimum Gasteiger partial charge on any atom is -0.384 e. The first-order chi connectivity index (χ1) is 18.7. The molecule has 0 aliphatic carbocycles. The van der Waals surface area contributed by atoms with Crippen LogP contribution in [0.5, 0.6) is 0 Å². The molecule has 0 atom stereocenters. The molecule has 38 heavy (non-hydrogen) atoms. The summed E-state index contributed by atoms with van der Waals surface area (Å²) in [6.07, 6.45) is 6.76. The standard InChI is InChI=1S/C29H34ClN7O/c1-2-21-7-10-23(11-8-21)33-28-34-27(35-29(36-28)37-16-18-38-19-17-37)6-4-3-5-14-31-25-13-15-32-26-20-22(30)9-12-24(25)26/h7-13,15,20H,2-6,14,16-19H2,1H3,(H,31,32)(H,33,34,35,36). The average Bonchev–Trinajstić information content (AvgIpc) is 2.95. The van der Waals surface area contributed by atoms with Gasteiger partial charge in [-0.1, -0.05) is 37.1 Å². The molecule has 0 unspecified atom stereocenters. The number of nitrogens with zero attached hydrogens (tertiary/aromatic N) is 5. The molecule has 9 heteroatoms. The van der Waals surface area contributed by atoms with E-state index in [-0.39, 0.29) is 0 Å². The van der Waals surface area contributed by atoms with E-state index in [1.54, 1.807) is 0 Å². The average molecular weight is 532 g/mol. The quantitative estimate of drug-likeness (QED) is 0.226. The molecule has 0 bridgehead atoms. The van der Waals surface area contributed by atoms with Crippen LogP contribution in [0.4, 0.5) is 23.3 Å². The molecule has 2 N–H and O–H groups in total. The second-order valence-electron chi connectivity index (χ2n) is 9.41. The van der Waals surface area contributed by atoms with Crippen molar-refractivity contribution < 1.29 is 4.74 Å². The van der Waals surface area contributed by atoms with E-state index in [9.17, 15) is 0 Å². The maximum Gasteiger partial charge on any atom is 0.232 e. The molecular weight excluding hydrogens is 498 g/mol. The summed E-state index contributed by atoms with van der Waals surface area (Å²) >= 11 is 6.11. The molecule has 2 aromatic carbocycles. The Hall–Kier alpha value is -3.49. The number of aryl methyl sites for hydroxylation is 2. The van der Waals surface area contributed by atoms with E-state index in [0.717, 1.165) is 85.8 Å². The van der Waals surface area contributed by atoms with Crippen molar-refractivity contribution in [1.29, 1.82) is 0 Å². The number of pyridine rings is 1. The van der Waals surface area contributed by atoms with Crippen LogP contribution in [0.2, 0.25) is 5.02 Å². The number of fused-ring (bicyclic) bond motifs is 1. The van der Waals surface area contributed by atoms with E-state index in [0.29, 0.717) is 24.2 Å². The number of unbranched alkanes of at least 4 members (excludes halogenated alkanes) is 2. The molecule has 5 rings (SSSR count). The molecule has 3 heterocycles. The van der Waals surface area contributed by atoms with Gasteiger partial charge in [0, 0.05) is 54.0 Å². The highest BCUT2D eigenvalue weighted by Gasteiger charge is 2.17. The van der Waals surface area contributed by atoms with Crippen LogP contribution in [0.1, 0.15) is 37.6 Å². The number of ether oxygens (including phenoxy) is 1. The number of nitrogens with one attached hydrogen (secondary N) is 2. The maximum absolute atomic E-state index is 6.11. The number of morpholine rings is 1. The number of hydrogen-bond donors (Lipinski definition) is 2. The van der Waals surface area contributed by atoms with Gasteiger partial charge in [0.05, 0.1) is 18.7 Å². The second kappa shape index (κ2) is 12.8. The number of aromatic nitrogens is 4. The van der Waals surface area contributed by atoms with Gasteiger partial charge in [-0.25, -0.2) is 0 Å². The molecule has 0 spiro atoms. The molecule has 8 nitrogen and oxygen atoms in total. The number of hydrogen-bond acceptors (Lipinski definition) is 8. The molecule has 0 radical (unpaired) electrons. The third-order valence-corrected chi connectivity index (χ3v) is 6.91. The fourth-order valence-electron chi connectivity index (χ4n) is 4.52. The predicted molar refractivity (Wildman–Crippen MR) is 155 cm³/mol. The van der Waals surface area contributed by atoms with Crippen LogP contribution in [0.15, 0.2) is 54.7 Å². The van der Waals surface area contributed by atoms with Gasteiger partial charge in [-0.15, -0.1) is 0 Å². The van der Waals surface area contributed by atoms with Gasteiger partial charge in [-0.05, 0) is 61.2 Å². The lowest BCUT2D eigenvalue weighted by Gasteiger charge is -2.27. The molecule has 0 amide bonds. The zero-order valence-corrected chi connectivity index (χ0v) is 22.5. The highest BCUT2D eigenvalue weighted by atomic mass is 35.5. The fraction of sp³-hybridized carbons (Fsp3) is 0.379. The Morgan fingerprint density at radius 2 is 1.79 bits per heavy atom. The van der Waals surface area contributed by atoms with Crippen molar-refractivity contribution in [2.24, 2.45) is 0 Å². The smallest absolute Gasteiger partial charge is 0.232 e. The van der Waals surface area contributed by atoms with Gasteiger partial charge in [-0.3, -0.25) is 4.98 Å². The summed E-state index contributed by atoms with van der Waals surface area (Å²) in [6, 6.07) is 16.2. The summed E-state index contributed by atoms with van der Waals surface area (Å²) in [7, 11) is 0. The van der Waals surface area contributed by atoms with Crippen LogP contribution >= 0.6 is 11.6 Å². The van der Waals surface area contributed by atoms with Crippen LogP contribution in [0, 0.1) is 0 Å². The van der Waals surface area contributed by atoms with Crippen molar-refractivity contribution in [3.05, 3.63) is 71.1 Å². The van der Waals surface area contributed by atoms with Crippen LogP contribution in [-0.4, -0.2) is 52.8 Å². The van der Waals surface area contributed by atoms with Gasteiger partial charge < -0.3 is 20.3 Å². The van der Waals surface area contributed by atoms with E-state index in [1.807, 2.05) is 30.5 Å². The van der Waals surface area contributed by atoms with Gasteiger partial charge >= 0.3 is 0 Å². The lowest BCUT2D eigenvalue weighted by molar-refractivity contribution is 0.122. The summed E-state index contributed by atoms with van der Waals surface area (Å²) in [4.78, 5) is 20.9. The van der Waals surface area contributed by atoms with Crippen LogP contribution in [0.25, 0.3) is 10.9 Å². The van der Waals surface area contributed by atoms with Crippen molar-refractivity contribution in [3.8, 4) is 0 Å². The summed E-state index contributed by atoms with van der Waals surface area (Å²) in [5.41, 5.74) is 4.27. The van der Waals surface area contributed by atoms with Crippen molar-refractivity contribution in [1.82, 2.24) is 19.9 Å². The van der Waals surface area contributed by atoms with Crippen molar-refractivity contribution >= 4 is 45.8 Å². The van der Waals surface area contributed by atoms with E-state index in [4.69, 9.17) is 31.3 Å². The normalized spacial score (nSPS) is 13.6. The summed E-state index contributed by atoms with van der Waals surface area (Å²) < 4.78 is 5.52. The minimum atomic E-state index is 0.590. The van der Waals surface area contributed by atoms with Gasteiger partial charge in [-0.2, -0.15) is 15.0 Å². The van der Waals surface area contributed by atoms with Crippen LogP contribution in [0.3, 0.4) is 0 Å². The van der Waals surface area contributed by atoms with E-state index in [2.05, 4.69) is 51.7 Å². The highest BCUT2D eigenvalue weighted by Crippen LogP contribution is 2.24. The number of halogens is 1. The van der Waals surface area contributed by atoms with Crippen molar-refractivity contribution in [2.45, 2.75) is 39.0 Å². The Labute approximate surface area is 228 Å². The third-order valence-electron chi connectivity index (χ3n) is 6.68. The van der Waals surface area contributed by atoms with Crippen LogP contribution < -0.4 is 15.5 Å². The monoisotopic (exact) mass is 531 g/mol. The molecule has 1 aliphatic rings. The van der Waals surface area contributed by atoms with E-state index in [1.165, 1.54) is 5.56 Å². The lowest BCUT2D eigenvalue weighted by Crippen LogP contribution is -2.37. The summed E-state index contributed by atoms with van der Waals surface area (Å²) in [5, 5.41) is 8.71. The Bertz CT molecular complexity index is 1340. The largest absolute Gasteiger partial charge is 0.384 e. The Kier molecular flexibility index (Phi) is 8.83. The van der Waals surface area contributed by atoms with Gasteiger partial charge in [0.2, 0.25) is 11.9 Å². The molecule has 1 fully saturated rings. The number of anilines is 4. The molecule has 198 valence electrons. The summed E-state index contributed by atoms with van der Waals surface area (Å²) in [6.45, 7) is 6.00. The van der Waals surface area contributed by atoms with E-state index >= 15 is 0 Å². The Morgan fingerprint density at radius 3 is 2.61 bits per heavy atom. The van der Waals surface area contributed by atoms with Crippen LogP contribution in [-0.2, 0) is 17.6 Å². The topological polar surface area (TPSA) is 88.1 Å². The zero-order valence-electron chi connectivity index (χ0n) is 21.8. The zero-order chi connectivity index (χ0) is 26.2. The summed E-state index contributed by atoms with van der Waals surface area (Å²) in [5.74, 6) is 2.13. The highest BCUT2D eigenvalue weighted by molar-refractivity contribution is 6.31. The molecule has 0 saturated carbocycles. The number of rotatable bonds is 11. The predicted octanol–water partition coefficient (Wildman–Crippen LogP) is 6.04. The third kappa shape index (κ3) is 6.88. The van der Waals surface area contributed by atoms with Gasteiger partial charge in [0.15, 0.2) is 0 Å². The SMILES string of the molecule is CCc1ccc(Nc2nc(CCCCCNc3ccnc4cc(Cl)ccc34)nc(N3CCOCC3)n2)cc1. The van der Waals surface area contributed by atoms with E-state index < -0.39 is 0 Å². The molecule has 1 saturated heterocycles. The molecule has 1 aliphatic heterocycles. The first-order valence-corrected chi connectivity index (χ1v) is 13.8. The molecule has 4 aromatic rings. The maximum atomic E-state index is 6.11. The number of benzene rings is 2. The first kappa shape index (κ1) is 26.1. The second-order valence-corrected chi connectivity index (χ2v) is 9.84. The van der Waals surface area contributed by atoms with Crippen molar-refractivity contribution in [2.75, 3.05) is 48.4 Å². The minimum absolute atomic E-state index is 0.590. The Balaban J connectivity index is 1.18. The van der Waals surface area contributed by atoms with Gasteiger partial charge in [0.25, 0.3) is 0 Å². The first-order valence-electron chi connectivity index (χ1n) is 13.4. The van der Waals surface area contributed by atoms with Gasteiger partial charge in [0.1, 0.15) is 5.82 Å².